The SMILES string of the molecule is COC(=O)[C@H]1CCCCN1C(=O)c1c(OC)cc(=O)n2c1CCN(C/C=C/c1ccco1)CC2. The van der Waals surface area contributed by atoms with Gasteiger partial charge in [0.05, 0.1) is 20.5 Å². The number of rotatable bonds is 6. The minimum atomic E-state index is -0.627. The van der Waals surface area contributed by atoms with E-state index in [1.54, 1.807) is 15.7 Å². The molecule has 0 N–H and O–H groups in total. The molecule has 4 rings (SSSR count). The number of hydrogen-bond donors (Lipinski definition) is 0. The van der Waals surface area contributed by atoms with E-state index in [0.29, 0.717) is 56.8 Å². The van der Waals surface area contributed by atoms with Crippen LogP contribution in [0.15, 0.2) is 39.7 Å². The molecule has 9 heteroatoms. The van der Waals surface area contributed by atoms with Gasteiger partial charge in [-0.15, -0.1) is 0 Å². The monoisotopic (exact) mass is 469 g/mol. The van der Waals surface area contributed by atoms with Crippen LogP contribution >= 0.6 is 0 Å². The number of piperidine rings is 1. The fourth-order valence-corrected chi connectivity index (χ4v) is 4.77. The molecule has 0 saturated carbocycles. The minimum Gasteiger partial charge on any atom is -0.496 e. The Morgan fingerprint density at radius 2 is 2.03 bits per heavy atom. The van der Waals surface area contributed by atoms with Crippen molar-refractivity contribution in [1.82, 2.24) is 14.4 Å². The van der Waals surface area contributed by atoms with Crippen molar-refractivity contribution in [3.63, 3.8) is 0 Å². The van der Waals surface area contributed by atoms with Gasteiger partial charge in [0.1, 0.15) is 23.1 Å². The van der Waals surface area contributed by atoms with E-state index in [0.717, 1.165) is 18.6 Å². The van der Waals surface area contributed by atoms with Gasteiger partial charge in [0, 0.05) is 50.9 Å². The Morgan fingerprint density at radius 3 is 2.76 bits per heavy atom. The average Bonchev–Trinajstić information content (AvgIpc) is 3.29. The molecular weight excluding hydrogens is 438 g/mol. The third kappa shape index (κ3) is 4.94. The number of carbonyl (C=O) groups is 2. The van der Waals surface area contributed by atoms with Crippen molar-refractivity contribution in [3.05, 3.63) is 57.9 Å². The summed E-state index contributed by atoms with van der Waals surface area (Å²) in [6.45, 7) is 2.97. The minimum absolute atomic E-state index is 0.195. The van der Waals surface area contributed by atoms with Crippen LogP contribution in [0.25, 0.3) is 6.08 Å². The van der Waals surface area contributed by atoms with Gasteiger partial charge in [-0.1, -0.05) is 6.08 Å². The van der Waals surface area contributed by atoms with Gasteiger partial charge in [-0.05, 0) is 37.5 Å². The van der Waals surface area contributed by atoms with Crippen molar-refractivity contribution >= 4 is 18.0 Å². The van der Waals surface area contributed by atoms with Gasteiger partial charge in [0.15, 0.2) is 0 Å². The van der Waals surface area contributed by atoms with Crippen molar-refractivity contribution in [1.29, 1.82) is 0 Å². The third-order valence-electron chi connectivity index (χ3n) is 6.55. The number of carbonyl (C=O) groups excluding carboxylic acids is 2. The van der Waals surface area contributed by atoms with Crippen molar-refractivity contribution < 1.29 is 23.5 Å². The van der Waals surface area contributed by atoms with Crippen LogP contribution in [0, 0.1) is 0 Å². The number of ether oxygens (including phenoxy) is 2. The summed E-state index contributed by atoms with van der Waals surface area (Å²) in [4.78, 5) is 42.8. The van der Waals surface area contributed by atoms with E-state index in [4.69, 9.17) is 13.9 Å². The van der Waals surface area contributed by atoms with Gasteiger partial charge in [-0.25, -0.2) is 4.79 Å². The van der Waals surface area contributed by atoms with Gasteiger partial charge in [-0.3, -0.25) is 14.5 Å². The highest BCUT2D eigenvalue weighted by Gasteiger charge is 2.36. The number of aromatic nitrogens is 1. The highest BCUT2D eigenvalue weighted by atomic mass is 16.5. The van der Waals surface area contributed by atoms with Crippen LogP contribution in [-0.2, 0) is 22.5 Å². The Labute approximate surface area is 198 Å². The van der Waals surface area contributed by atoms with Crippen molar-refractivity contribution in [3.8, 4) is 5.75 Å². The lowest BCUT2D eigenvalue weighted by Gasteiger charge is -2.34. The molecule has 2 aromatic heterocycles. The topological polar surface area (TPSA) is 94.2 Å². The quantitative estimate of drug-likeness (QED) is 0.599. The second kappa shape index (κ2) is 10.7. The maximum atomic E-state index is 13.8. The Balaban J connectivity index is 1.61. The Kier molecular flexibility index (Phi) is 7.52. The van der Waals surface area contributed by atoms with E-state index in [9.17, 15) is 14.4 Å². The number of methoxy groups -OCH3 is 2. The normalized spacial score (nSPS) is 19.0. The molecule has 1 amide bonds. The molecule has 0 unspecified atom stereocenters. The van der Waals surface area contributed by atoms with Crippen LogP contribution in [-0.4, -0.2) is 72.7 Å². The second-order valence-corrected chi connectivity index (χ2v) is 8.53. The molecule has 0 aliphatic carbocycles. The smallest absolute Gasteiger partial charge is 0.328 e. The lowest BCUT2D eigenvalue weighted by molar-refractivity contribution is -0.147. The standard InChI is InChI=1S/C25H31N3O6/c1-32-21-17-22(29)27-15-14-26(11-5-7-18-8-6-16-34-18)13-10-19(27)23(21)24(30)28-12-4-3-9-20(28)25(31)33-2/h5-8,16-17,20H,3-4,9-15H2,1-2H3/b7-5+/t20-/m1/s1. The first-order chi connectivity index (χ1) is 16.5. The summed E-state index contributed by atoms with van der Waals surface area (Å²) in [5, 5.41) is 0. The first-order valence-corrected chi connectivity index (χ1v) is 11.7. The van der Waals surface area contributed by atoms with Gasteiger partial charge >= 0.3 is 5.97 Å². The molecule has 182 valence electrons. The van der Waals surface area contributed by atoms with Gasteiger partial charge < -0.3 is 23.4 Å². The Hall–Kier alpha value is -3.33. The summed E-state index contributed by atoms with van der Waals surface area (Å²) < 4.78 is 17.4. The predicted octanol–water partition coefficient (Wildman–Crippen LogP) is 2.19. The number of nitrogens with zero attached hydrogens (tertiary/aromatic N) is 3. The molecule has 1 fully saturated rings. The summed E-state index contributed by atoms with van der Waals surface area (Å²) >= 11 is 0. The van der Waals surface area contributed by atoms with Crippen molar-refractivity contribution in [2.45, 2.75) is 38.3 Å². The molecule has 0 radical (unpaired) electrons. The summed E-state index contributed by atoms with van der Waals surface area (Å²) in [6.07, 6.45) is 8.32. The van der Waals surface area contributed by atoms with Crippen LogP contribution in [0.2, 0.25) is 0 Å². The number of fused-ring (bicyclic) bond motifs is 1. The zero-order valence-electron chi connectivity index (χ0n) is 19.7. The highest BCUT2D eigenvalue weighted by molar-refractivity contribution is 6.00. The molecule has 2 aromatic rings. The molecule has 34 heavy (non-hydrogen) atoms. The molecule has 9 nitrogen and oxygen atoms in total. The molecule has 2 aliphatic heterocycles. The molecule has 1 saturated heterocycles. The first kappa shape index (κ1) is 23.8. The number of furan rings is 1. The van der Waals surface area contributed by atoms with E-state index in [1.807, 2.05) is 24.3 Å². The zero-order chi connectivity index (χ0) is 24.1. The Bertz CT molecular complexity index is 1100. The fourth-order valence-electron chi connectivity index (χ4n) is 4.77. The van der Waals surface area contributed by atoms with Crippen LogP contribution in [0.5, 0.6) is 5.75 Å². The van der Waals surface area contributed by atoms with E-state index in [1.165, 1.54) is 20.3 Å². The number of hydrogen-bond acceptors (Lipinski definition) is 7. The fraction of sp³-hybridized carbons (Fsp3) is 0.480. The number of pyridine rings is 1. The molecule has 0 bridgehead atoms. The molecule has 2 aliphatic rings. The van der Waals surface area contributed by atoms with Crippen LogP contribution in [0.4, 0.5) is 0 Å². The average molecular weight is 470 g/mol. The maximum absolute atomic E-state index is 13.8. The van der Waals surface area contributed by atoms with Crippen LogP contribution < -0.4 is 10.3 Å². The first-order valence-electron chi connectivity index (χ1n) is 11.7. The van der Waals surface area contributed by atoms with Crippen molar-refractivity contribution in [2.75, 3.05) is 40.4 Å². The predicted molar refractivity (Wildman–Crippen MR) is 126 cm³/mol. The van der Waals surface area contributed by atoms with Gasteiger partial charge in [0.2, 0.25) is 0 Å². The lowest BCUT2D eigenvalue weighted by atomic mass is 9.99. The van der Waals surface area contributed by atoms with Gasteiger partial charge in [0.25, 0.3) is 11.5 Å². The van der Waals surface area contributed by atoms with Gasteiger partial charge in [-0.2, -0.15) is 0 Å². The second-order valence-electron chi connectivity index (χ2n) is 8.53. The lowest BCUT2D eigenvalue weighted by Crippen LogP contribution is -2.49. The van der Waals surface area contributed by atoms with Crippen LogP contribution in [0.1, 0.15) is 41.1 Å². The van der Waals surface area contributed by atoms with E-state index < -0.39 is 12.0 Å². The number of amides is 1. The van der Waals surface area contributed by atoms with E-state index in [2.05, 4.69) is 4.90 Å². The highest BCUT2D eigenvalue weighted by Crippen LogP contribution is 2.28. The summed E-state index contributed by atoms with van der Waals surface area (Å²) in [7, 11) is 2.79. The molecular formula is C25H31N3O6. The van der Waals surface area contributed by atoms with Crippen LogP contribution in [0.3, 0.4) is 0 Å². The summed E-state index contributed by atoms with van der Waals surface area (Å²) in [5.74, 6) is 0.331. The summed E-state index contributed by atoms with van der Waals surface area (Å²) in [5.41, 5.74) is 0.825. The molecule has 4 heterocycles. The largest absolute Gasteiger partial charge is 0.496 e. The number of esters is 1. The molecule has 0 aromatic carbocycles. The Morgan fingerprint density at radius 1 is 1.18 bits per heavy atom. The van der Waals surface area contributed by atoms with Crippen molar-refractivity contribution in [2.24, 2.45) is 0 Å². The van der Waals surface area contributed by atoms with E-state index >= 15 is 0 Å². The zero-order valence-corrected chi connectivity index (χ0v) is 19.7. The number of likely N-dealkylation sites (tertiary alicyclic amines) is 1. The molecule has 0 spiro atoms. The molecule has 1 atom stereocenters. The van der Waals surface area contributed by atoms with E-state index in [-0.39, 0.29) is 17.2 Å². The summed E-state index contributed by atoms with van der Waals surface area (Å²) in [6, 6.07) is 4.48. The maximum Gasteiger partial charge on any atom is 0.328 e. The third-order valence-corrected chi connectivity index (χ3v) is 6.55.